The number of nitrogens with one attached hydrogen (secondary N) is 3. The van der Waals surface area contributed by atoms with Crippen molar-refractivity contribution in [3.05, 3.63) is 65.4 Å². The lowest BCUT2D eigenvalue weighted by molar-refractivity contribution is -0.137. The first-order chi connectivity index (χ1) is 19.6. The van der Waals surface area contributed by atoms with Gasteiger partial charge < -0.3 is 20.9 Å². The molecule has 1 amide bonds. The van der Waals surface area contributed by atoms with E-state index >= 15 is 0 Å². The second-order valence-corrected chi connectivity index (χ2v) is 10.2. The molecular weight excluding hydrogens is 535 g/mol. The normalized spacial score (nSPS) is 14.8. The number of anilines is 4. The van der Waals surface area contributed by atoms with E-state index in [1.807, 2.05) is 6.92 Å². The van der Waals surface area contributed by atoms with Crippen molar-refractivity contribution < 1.29 is 18.0 Å². The minimum Gasteiger partial charge on any atom is -0.353 e. The number of benzene rings is 2. The van der Waals surface area contributed by atoms with Gasteiger partial charge in [-0.15, -0.1) is 0 Å². The largest absolute Gasteiger partial charge is 0.416 e. The lowest BCUT2D eigenvalue weighted by Crippen LogP contribution is -2.45. The first-order valence-corrected chi connectivity index (χ1v) is 13.3. The Labute approximate surface area is 235 Å². The standard InChI is InChI=1S/C28H32F3N9O/c1-18-7-8-19(26(41)34-21-6-4-5-20(16-21)28(29,30)31)15-23(18)35-24-22-17-33-27(36-25(22)39(3)37-24)32-9-10-40-13-11-38(2)12-14-40/h4-8,15-17H,9-14H2,1-3H3,(H,34,41)(H,35,37)(H,32,33,36). The molecule has 2 aromatic carbocycles. The Balaban J connectivity index is 1.27. The molecule has 13 heteroatoms. The zero-order chi connectivity index (χ0) is 29.1. The molecule has 0 saturated carbocycles. The summed E-state index contributed by atoms with van der Waals surface area (Å²) in [5.74, 6) is 0.504. The van der Waals surface area contributed by atoms with E-state index in [1.54, 1.807) is 36.1 Å². The molecule has 0 spiro atoms. The van der Waals surface area contributed by atoms with Gasteiger partial charge in [-0.25, -0.2) is 9.67 Å². The van der Waals surface area contributed by atoms with Gasteiger partial charge in [0, 0.05) is 69.5 Å². The summed E-state index contributed by atoms with van der Waals surface area (Å²) in [6.45, 7) is 7.73. The van der Waals surface area contributed by atoms with Gasteiger partial charge in [-0.05, 0) is 49.9 Å². The van der Waals surface area contributed by atoms with Crippen LogP contribution in [0.5, 0.6) is 0 Å². The first-order valence-electron chi connectivity index (χ1n) is 13.3. The number of hydrogen-bond donors (Lipinski definition) is 3. The number of amides is 1. The van der Waals surface area contributed by atoms with Gasteiger partial charge >= 0.3 is 6.18 Å². The second kappa shape index (κ2) is 11.7. The summed E-state index contributed by atoms with van der Waals surface area (Å²) in [5.41, 5.74) is 1.61. The highest BCUT2D eigenvalue weighted by molar-refractivity contribution is 6.05. The topological polar surface area (TPSA) is 103 Å². The summed E-state index contributed by atoms with van der Waals surface area (Å²) >= 11 is 0. The lowest BCUT2D eigenvalue weighted by atomic mass is 10.1. The van der Waals surface area contributed by atoms with Crippen molar-refractivity contribution in [1.82, 2.24) is 29.5 Å². The van der Waals surface area contributed by atoms with Crippen LogP contribution in [-0.2, 0) is 13.2 Å². The predicted molar refractivity (Wildman–Crippen MR) is 153 cm³/mol. The summed E-state index contributed by atoms with van der Waals surface area (Å²) in [6.07, 6.45) is -2.80. The zero-order valence-electron chi connectivity index (χ0n) is 23.1. The summed E-state index contributed by atoms with van der Waals surface area (Å²) in [7, 11) is 3.93. The highest BCUT2D eigenvalue weighted by Crippen LogP contribution is 2.31. The monoisotopic (exact) mass is 567 g/mol. The molecule has 1 aliphatic heterocycles. The number of halogens is 3. The van der Waals surface area contributed by atoms with E-state index in [1.165, 1.54) is 12.1 Å². The van der Waals surface area contributed by atoms with Crippen LogP contribution in [0.2, 0.25) is 0 Å². The summed E-state index contributed by atoms with van der Waals surface area (Å²) in [5, 5.41) is 14.4. The van der Waals surface area contributed by atoms with Crippen molar-refractivity contribution in [2.45, 2.75) is 13.1 Å². The molecule has 0 atom stereocenters. The minimum absolute atomic E-state index is 0.0562. The number of likely N-dealkylation sites (N-methyl/N-ethyl adjacent to an activating group) is 1. The third kappa shape index (κ3) is 6.74. The Hall–Kier alpha value is -4.23. The van der Waals surface area contributed by atoms with Crippen LogP contribution in [0.4, 0.5) is 36.3 Å². The number of piperazine rings is 1. The molecule has 1 aliphatic rings. The van der Waals surface area contributed by atoms with Crippen molar-refractivity contribution in [3.63, 3.8) is 0 Å². The molecular formula is C28H32F3N9O. The Morgan fingerprint density at radius 2 is 1.83 bits per heavy atom. The van der Waals surface area contributed by atoms with Crippen LogP contribution in [0, 0.1) is 6.92 Å². The van der Waals surface area contributed by atoms with E-state index in [0.717, 1.165) is 57.0 Å². The molecule has 41 heavy (non-hydrogen) atoms. The minimum atomic E-state index is -4.50. The van der Waals surface area contributed by atoms with Crippen molar-refractivity contribution in [2.75, 3.05) is 62.3 Å². The number of alkyl halides is 3. The van der Waals surface area contributed by atoms with Crippen molar-refractivity contribution in [2.24, 2.45) is 7.05 Å². The van der Waals surface area contributed by atoms with Gasteiger partial charge in [0.05, 0.1) is 10.9 Å². The summed E-state index contributed by atoms with van der Waals surface area (Å²) in [4.78, 5) is 26.7. The first kappa shape index (κ1) is 28.3. The second-order valence-electron chi connectivity index (χ2n) is 10.2. The Morgan fingerprint density at radius 3 is 2.59 bits per heavy atom. The van der Waals surface area contributed by atoms with Crippen LogP contribution < -0.4 is 16.0 Å². The van der Waals surface area contributed by atoms with E-state index in [-0.39, 0.29) is 11.3 Å². The van der Waals surface area contributed by atoms with Gasteiger partial charge in [0.15, 0.2) is 11.5 Å². The number of aryl methyl sites for hydroxylation is 2. The van der Waals surface area contributed by atoms with E-state index in [9.17, 15) is 18.0 Å². The number of carbonyl (C=O) groups excluding carboxylic acids is 1. The zero-order valence-corrected chi connectivity index (χ0v) is 23.1. The molecule has 5 rings (SSSR count). The van der Waals surface area contributed by atoms with Gasteiger partial charge in [0.1, 0.15) is 0 Å². The van der Waals surface area contributed by atoms with Gasteiger partial charge in [0.25, 0.3) is 5.91 Å². The molecule has 0 aliphatic carbocycles. The van der Waals surface area contributed by atoms with Gasteiger partial charge in [-0.2, -0.15) is 23.3 Å². The average molecular weight is 568 g/mol. The molecule has 10 nitrogen and oxygen atoms in total. The smallest absolute Gasteiger partial charge is 0.353 e. The predicted octanol–water partition coefficient (Wildman–Crippen LogP) is 4.35. The highest BCUT2D eigenvalue weighted by Gasteiger charge is 2.30. The summed E-state index contributed by atoms with van der Waals surface area (Å²) < 4.78 is 40.8. The maximum absolute atomic E-state index is 13.1. The fourth-order valence-electron chi connectivity index (χ4n) is 4.61. The summed E-state index contributed by atoms with van der Waals surface area (Å²) in [6, 6.07) is 9.53. The van der Waals surface area contributed by atoms with Gasteiger partial charge in [-0.1, -0.05) is 12.1 Å². The molecule has 0 bridgehead atoms. The van der Waals surface area contributed by atoms with Crippen LogP contribution >= 0.6 is 0 Å². The van der Waals surface area contributed by atoms with Gasteiger partial charge in [-0.3, -0.25) is 9.69 Å². The molecule has 0 radical (unpaired) electrons. The van der Waals surface area contributed by atoms with Crippen LogP contribution in [-0.4, -0.2) is 81.8 Å². The number of nitrogens with zero attached hydrogens (tertiary/aromatic N) is 6. The highest BCUT2D eigenvalue weighted by atomic mass is 19.4. The molecule has 3 N–H and O–H groups in total. The molecule has 3 heterocycles. The Kier molecular flexibility index (Phi) is 8.08. The van der Waals surface area contributed by atoms with Gasteiger partial charge in [0.2, 0.25) is 5.95 Å². The Morgan fingerprint density at radius 1 is 1.05 bits per heavy atom. The molecule has 0 unspecified atom stereocenters. The fourth-order valence-corrected chi connectivity index (χ4v) is 4.61. The van der Waals surface area contributed by atoms with Crippen LogP contribution in [0.15, 0.2) is 48.7 Å². The number of hydrogen-bond acceptors (Lipinski definition) is 8. The lowest BCUT2D eigenvalue weighted by Gasteiger charge is -2.32. The van der Waals surface area contributed by atoms with Crippen LogP contribution in [0.25, 0.3) is 11.0 Å². The third-order valence-corrected chi connectivity index (χ3v) is 7.09. The number of carbonyl (C=O) groups is 1. The number of rotatable bonds is 8. The third-order valence-electron chi connectivity index (χ3n) is 7.09. The van der Waals surface area contributed by atoms with Crippen LogP contribution in [0.1, 0.15) is 21.5 Å². The molecule has 1 saturated heterocycles. The van der Waals surface area contributed by atoms with E-state index in [0.29, 0.717) is 28.5 Å². The molecule has 1 fully saturated rings. The van der Waals surface area contributed by atoms with E-state index in [2.05, 4.69) is 47.9 Å². The molecule has 216 valence electrons. The fraction of sp³-hybridized carbons (Fsp3) is 0.357. The molecule has 4 aromatic rings. The van der Waals surface area contributed by atoms with Crippen molar-refractivity contribution in [1.29, 1.82) is 0 Å². The SMILES string of the molecule is Cc1ccc(C(=O)Nc2cccc(C(F)(F)F)c2)cc1Nc1nn(C)c2nc(NCCN3CCN(C)CC3)ncc12. The average Bonchev–Trinajstić information content (AvgIpc) is 3.25. The maximum Gasteiger partial charge on any atom is 0.416 e. The van der Waals surface area contributed by atoms with E-state index < -0.39 is 17.6 Å². The number of aromatic nitrogens is 4. The Bertz CT molecular complexity index is 1540. The number of fused-ring (bicyclic) bond motifs is 1. The van der Waals surface area contributed by atoms with E-state index in [4.69, 9.17) is 0 Å². The van der Waals surface area contributed by atoms with Crippen LogP contribution in [0.3, 0.4) is 0 Å². The maximum atomic E-state index is 13.1. The van der Waals surface area contributed by atoms with Crippen molar-refractivity contribution in [3.8, 4) is 0 Å². The molecule has 2 aromatic heterocycles. The van der Waals surface area contributed by atoms with Crippen molar-refractivity contribution >= 4 is 40.1 Å². The quantitative estimate of drug-likeness (QED) is 0.289.